The minimum atomic E-state index is 0.0687. The lowest BCUT2D eigenvalue weighted by atomic mass is 9.77. The lowest BCUT2D eigenvalue weighted by Crippen LogP contribution is -2.44. The average molecular weight is 306 g/mol. The van der Waals surface area contributed by atoms with E-state index in [2.05, 4.69) is 21.2 Å². The monoisotopic (exact) mass is 306 g/mol. The summed E-state index contributed by atoms with van der Waals surface area (Å²) in [5.41, 5.74) is 9.79. The molecule has 4 N–H and O–H groups in total. The molecule has 23 heavy (non-hydrogen) atoms. The molecule has 3 saturated carbocycles. The van der Waals surface area contributed by atoms with Gasteiger partial charge in [0.15, 0.2) is 5.65 Å². The Morgan fingerprint density at radius 3 is 2.70 bits per heavy atom. The molecule has 5 heteroatoms. The van der Waals surface area contributed by atoms with Crippen molar-refractivity contribution in [2.45, 2.75) is 30.7 Å². The third-order valence-electron chi connectivity index (χ3n) is 5.51. The Balaban J connectivity index is 1.56. The molecule has 2 aromatic heterocycles. The number of aromatic nitrogens is 3. The summed E-state index contributed by atoms with van der Waals surface area (Å²) in [7, 11) is 0. The number of aromatic amines is 1. The molecule has 3 aliphatic rings. The Morgan fingerprint density at radius 1 is 1.13 bits per heavy atom. The Labute approximate surface area is 133 Å². The van der Waals surface area contributed by atoms with Crippen LogP contribution in [0.4, 0.5) is 0 Å². The van der Waals surface area contributed by atoms with E-state index in [0.29, 0.717) is 23.1 Å². The van der Waals surface area contributed by atoms with Gasteiger partial charge in [0.25, 0.3) is 0 Å². The number of phenolic OH excluding ortho intramolecular Hbond substituents is 1. The Morgan fingerprint density at radius 2 is 1.96 bits per heavy atom. The van der Waals surface area contributed by atoms with E-state index in [1.54, 1.807) is 12.1 Å². The normalized spacial score (nSPS) is 28.9. The second kappa shape index (κ2) is 4.32. The Bertz CT molecular complexity index is 910. The van der Waals surface area contributed by atoms with E-state index in [1.165, 1.54) is 5.69 Å². The predicted molar refractivity (Wildman–Crippen MR) is 88.0 cm³/mol. The summed E-state index contributed by atoms with van der Waals surface area (Å²) in [6.45, 7) is 0. The molecular formula is C18H18N4O. The fourth-order valence-corrected chi connectivity index (χ4v) is 4.38. The molecule has 3 aliphatic carbocycles. The highest BCUT2D eigenvalue weighted by atomic mass is 16.3. The topological polar surface area (TPSA) is 87.8 Å². The van der Waals surface area contributed by atoms with E-state index >= 15 is 0 Å². The summed E-state index contributed by atoms with van der Waals surface area (Å²) >= 11 is 0. The second-order valence-corrected chi connectivity index (χ2v) is 7.12. The van der Waals surface area contributed by atoms with Gasteiger partial charge in [0.1, 0.15) is 5.75 Å². The van der Waals surface area contributed by atoms with Crippen LogP contribution in [0.1, 0.15) is 30.9 Å². The van der Waals surface area contributed by atoms with Crippen LogP contribution >= 0.6 is 0 Å². The predicted octanol–water partition coefficient (Wildman–Crippen LogP) is 2.93. The van der Waals surface area contributed by atoms with E-state index in [4.69, 9.17) is 5.73 Å². The Kier molecular flexibility index (Phi) is 2.46. The maximum atomic E-state index is 9.99. The first-order valence-electron chi connectivity index (χ1n) is 8.05. The number of benzene rings is 1. The largest absolute Gasteiger partial charge is 0.507 e. The van der Waals surface area contributed by atoms with Crippen LogP contribution in [-0.2, 0) is 0 Å². The molecule has 1 unspecified atom stereocenters. The number of nitrogens with zero attached hydrogens (tertiary/aromatic N) is 2. The van der Waals surface area contributed by atoms with Crippen molar-refractivity contribution in [3.05, 3.63) is 42.1 Å². The van der Waals surface area contributed by atoms with Gasteiger partial charge in [-0.1, -0.05) is 12.1 Å². The first-order chi connectivity index (χ1) is 11.1. The van der Waals surface area contributed by atoms with Crippen molar-refractivity contribution in [1.29, 1.82) is 0 Å². The number of hydrogen-bond donors (Lipinski definition) is 3. The number of fused-ring (bicyclic) bond motifs is 2. The molecule has 1 atom stereocenters. The fourth-order valence-electron chi connectivity index (χ4n) is 4.38. The number of para-hydroxylation sites is 1. The SMILES string of the molecule is NC12CC(C1)C(c1cc3cc(-c4ccccc4O)nnc3[nH]1)C2. The Hall–Kier alpha value is -2.40. The van der Waals surface area contributed by atoms with Crippen LogP contribution in [0.15, 0.2) is 36.4 Å². The number of aromatic hydroxyl groups is 1. The number of rotatable bonds is 2. The fraction of sp³-hybridized carbons (Fsp3) is 0.333. The van der Waals surface area contributed by atoms with Gasteiger partial charge >= 0.3 is 0 Å². The second-order valence-electron chi connectivity index (χ2n) is 7.12. The van der Waals surface area contributed by atoms with Crippen LogP contribution in [0.5, 0.6) is 5.75 Å². The summed E-state index contributed by atoms with van der Waals surface area (Å²) in [6, 6.07) is 11.3. The number of nitrogens with two attached hydrogens (primary N) is 1. The quantitative estimate of drug-likeness (QED) is 0.679. The van der Waals surface area contributed by atoms with Crippen molar-refractivity contribution >= 4 is 11.0 Å². The number of H-pyrrole nitrogens is 1. The van der Waals surface area contributed by atoms with Gasteiger partial charge in [-0.2, -0.15) is 0 Å². The van der Waals surface area contributed by atoms with Gasteiger partial charge < -0.3 is 15.8 Å². The third kappa shape index (κ3) is 1.90. The lowest BCUT2D eigenvalue weighted by molar-refractivity contribution is 0.242. The molecule has 2 heterocycles. The summed E-state index contributed by atoms with van der Waals surface area (Å²) < 4.78 is 0. The first kappa shape index (κ1) is 13.1. The molecule has 0 radical (unpaired) electrons. The smallest absolute Gasteiger partial charge is 0.160 e. The number of phenols is 1. The highest BCUT2D eigenvalue weighted by molar-refractivity contribution is 5.81. The third-order valence-corrected chi connectivity index (χ3v) is 5.51. The van der Waals surface area contributed by atoms with Gasteiger partial charge in [0, 0.05) is 28.1 Å². The highest BCUT2D eigenvalue weighted by Gasteiger charge is 2.54. The number of hydrogen-bond acceptors (Lipinski definition) is 4. The molecule has 3 fully saturated rings. The standard InChI is InChI=1S/C18H18N4O/c19-18-7-11(8-18)13(9-18)14-5-10-6-15(21-22-17(10)20-14)12-3-1-2-4-16(12)23/h1-6,11,13,23H,7-9,19H2,(H,20,22). The van der Waals surface area contributed by atoms with Gasteiger partial charge in [-0.3, -0.25) is 0 Å². The molecular weight excluding hydrogens is 288 g/mol. The maximum absolute atomic E-state index is 9.99. The lowest BCUT2D eigenvalue weighted by Gasteiger charge is -2.34. The van der Waals surface area contributed by atoms with Crippen molar-refractivity contribution in [2.24, 2.45) is 11.7 Å². The first-order valence-corrected chi connectivity index (χ1v) is 8.05. The van der Waals surface area contributed by atoms with Gasteiger partial charge in [-0.15, -0.1) is 10.2 Å². The van der Waals surface area contributed by atoms with E-state index in [0.717, 1.165) is 30.3 Å². The van der Waals surface area contributed by atoms with Gasteiger partial charge in [-0.05, 0) is 49.4 Å². The van der Waals surface area contributed by atoms with Crippen molar-refractivity contribution < 1.29 is 5.11 Å². The summed E-state index contributed by atoms with van der Waals surface area (Å²) in [6.07, 6.45) is 3.34. The summed E-state index contributed by atoms with van der Waals surface area (Å²) in [5, 5.41) is 19.6. The van der Waals surface area contributed by atoms with Crippen LogP contribution in [0.2, 0.25) is 0 Å². The minimum absolute atomic E-state index is 0.0687. The molecule has 5 nitrogen and oxygen atoms in total. The molecule has 116 valence electrons. The van der Waals surface area contributed by atoms with E-state index in [1.807, 2.05) is 18.2 Å². The zero-order valence-corrected chi connectivity index (χ0v) is 12.7. The van der Waals surface area contributed by atoms with Crippen LogP contribution in [-0.4, -0.2) is 25.8 Å². The zero-order valence-electron chi connectivity index (χ0n) is 12.7. The van der Waals surface area contributed by atoms with Crippen molar-refractivity contribution in [1.82, 2.24) is 15.2 Å². The average Bonchev–Trinajstić information content (AvgIpc) is 3.16. The molecule has 6 rings (SSSR count). The highest BCUT2D eigenvalue weighted by Crippen LogP contribution is 2.58. The van der Waals surface area contributed by atoms with Crippen LogP contribution in [0, 0.1) is 5.92 Å². The molecule has 0 spiro atoms. The molecule has 1 aromatic carbocycles. The molecule has 3 aromatic rings. The molecule has 0 aliphatic heterocycles. The van der Waals surface area contributed by atoms with Crippen molar-refractivity contribution in [2.75, 3.05) is 0 Å². The van der Waals surface area contributed by atoms with Crippen LogP contribution in [0.3, 0.4) is 0 Å². The maximum Gasteiger partial charge on any atom is 0.160 e. The van der Waals surface area contributed by atoms with Crippen LogP contribution in [0.25, 0.3) is 22.3 Å². The molecule has 2 bridgehead atoms. The summed E-state index contributed by atoms with van der Waals surface area (Å²) in [5.74, 6) is 1.44. The zero-order chi connectivity index (χ0) is 15.6. The van der Waals surface area contributed by atoms with Crippen LogP contribution < -0.4 is 5.73 Å². The molecule has 0 amide bonds. The van der Waals surface area contributed by atoms with E-state index < -0.39 is 0 Å². The van der Waals surface area contributed by atoms with Crippen molar-refractivity contribution in [3.63, 3.8) is 0 Å². The van der Waals surface area contributed by atoms with Gasteiger partial charge in [0.2, 0.25) is 0 Å². The van der Waals surface area contributed by atoms with E-state index in [9.17, 15) is 5.11 Å². The van der Waals surface area contributed by atoms with Gasteiger partial charge in [0.05, 0.1) is 5.69 Å². The summed E-state index contributed by atoms with van der Waals surface area (Å²) in [4.78, 5) is 3.41. The number of nitrogens with one attached hydrogen (secondary N) is 1. The van der Waals surface area contributed by atoms with Gasteiger partial charge in [-0.25, -0.2) is 0 Å². The molecule has 0 saturated heterocycles. The van der Waals surface area contributed by atoms with E-state index in [-0.39, 0.29) is 11.3 Å². The van der Waals surface area contributed by atoms with Crippen molar-refractivity contribution in [3.8, 4) is 17.0 Å². The minimum Gasteiger partial charge on any atom is -0.507 e.